The summed E-state index contributed by atoms with van der Waals surface area (Å²) in [6.07, 6.45) is 10.7. The summed E-state index contributed by atoms with van der Waals surface area (Å²) in [7, 11) is 0. The van der Waals surface area contributed by atoms with Crippen molar-refractivity contribution < 1.29 is 14.6 Å². The maximum absolute atomic E-state index is 13.0. The molecule has 0 unspecified atom stereocenters. The van der Waals surface area contributed by atoms with Gasteiger partial charge in [0.1, 0.15) is 6.10 Å². The van der Waals surface area contributed by atoms with E-state index in [0.29, 0.717) is 35.6 Å². The molecule has 0 aromatic rings. The Hall–Kier alpha value is -0.870. The van der Waals surface area contributed by atoms with Crippen LogP contribution in [-0.2, 0) is 9.53 Å². The first-order valence-electron chi connectivity index (χ1n) is 13.3. The molecular weight excluding hydrogens is 398 g/mol. The average Bonchev–Trinajstić information content (AvgIpc) is 3.17. The molecule has 5 aliphatic rings. The number of hydrogen-bond donors (Lipinski definition) is 2. The normalized spacial score (nSPS) is 52.9. The van der Waals surface area contributed by atoms with Crippen LogP contribution in [0.2, 0.25) is 0 Å². The Balaban J connectivity index is 1.40. The number of aliphatic hydroxyl groups is 1. The van der Waals surface area contributed by atoms with Crippen LogP contribution in [0.3, 0.4) is 0 Å². The van der Waals surface area contributed by atoms with Crippen molar-refractivity contribution in [3.05, 3.63) is 12.2 Å². The topological polar surface area (TPSA) is 72.5 Å². The van der Waals surface area contributed by atoms with Crippen LogP contribution in [0, 0.1) is 46.3 Å². The first kappa shape index (κ1) is 22.9. The highest BCUT2D eigenvalue weighted by atomic mass is 16.6. The lowest BCUT2D eigenvalue weighted by molar-refractivity contribution is -0.166. The minimum atomic E-state index is -1.33. The van der Waals surface area contributed by atoms with Crippen molar-refractivity contribution in [3.8, 4) is 0 Å². The second-order valence-corrected chi connectivity index (χ2v) is 13.1. The number of hydrogen-bond acceptors (Lipinski definition) is 4. The summed E-state index contributed by atoms with van der Waals surface area (Å²) in [5, 5.41) is 11.8. The zero-order valence-electron chi connectivity index (χ0n) is 20.7. The van der Waals surface area contributed by atoms with Gasteiger partial charge in [0.15, 0.2) is 5.60 Å². The summed E-state index contributed by atoms with van der Waals surface area (Å²) in [5.41, 5.74) is 6.56. The zero-order valence-corrected chi connectivity index (χ0v) is 20.7. The maximum atomic E-state index is 13.0. The number of esters is 1. The molecule has 180 valence electrons. The van der Waals surface area contributed by atoms with E-state index in [4.69, 9.17) is 10.5 Å². The van der Waals surface area contributed by atoms with Crippen molar-refractivity contribution in [3.63, 3.8) is 0 Å². The van der Waals surface area contributed by atoms with E-state index in [1.807, 2.05) is 6.92 Å². The standard InChI is InChI=1S/C28H45NO3/c1-16(2)17(3)8-13-28(31)24-23(32-25(28)30)15-22-20-7-6-18-14-19(29)9-11-26(18,4)21(20)10-12-27(22,24)5/h17-24,31H,1,6-15,29H2,2-5H3/t17-,18+,19+,20-,21+,22+,23+,24+,26+,27+,28+/m1/s1. The van der Waals surface area contributed by atoms with E-state index in [1.165, 1.54) is 38.5 Å². The van der Waals surface area contributed by atoms with Crippen LogP contribution in [-0.4, -0.2) is 28.8 Å². The van der Waals surface area contributed by atoms with Gasteiger partial charge in [-0.2, -0.15) is 0 Å². The Labute approximate surface area is 194 Å². The molecule has 32 heavy (non-hydrogen) atoms. The van der Waals surface area contributed by atoms with Crippen molar-refractivity contribution in [1.82, 2.24) is 0 Å². The molecule has 1 heterocycles. The van der Waals surface area contributed by atoms with Gasteiger partial charge in [0.2, 0.25) is 0 Å². The fraction of sp³-hybridized carbons (Fsp3) is 0.893. The van der Waals surface area contributed by atoms with Crippen molar-refractivity contribution >= 4 is 5.97 Å². The van der Waals surface area contributed by atoms with E-state index in [1.54, 1.807) is 0 Å². The van der Waals surface area contributed by atoms with Gasteiger partial charge in [-0.15, -0.1) is 0 Å². The third kappa shape index (κ3) is 3.11. The van der Waals surface area contributed by atoms with E-state index >= 15 is 0 Å². The molecule has 0 amide bonds. The third-order valence-corrected chi connectivity index (χ3v) is 11.6. The van der Waals surface area contributed by atoms with Gasteiger partial charge in [0, 0.05) is 12.0 Å². The highest BCUT2D eigenvalue weighted by Gasteiger charge is 2.71. The molecule has 5 rings (SSSR count). The van der Waals surface area contributed by atoms with Crippen molar-refractivity contribution in [2.75, 3.05) is 0 Å². The van der Waals surface area contributed by atoms with E-state index < -0.39 is 5.60 Å². The Morgan fingerprint density at radius 2 is 1.88 bits per heavy atom. The molecule has 0 aromatic carbocycles. The van der Waals surface area contributed by atoms with Crippen LogP contribution in [0.5, 0.6) is 0 Å². The number of ether oxygens (including phenoxy) is 1. The van der Waals surface area contributed by atoms with Crippen molar-refractivity contribution in [1.29, 1.82) is 0 Å². The van der Waals surface area contributed by atoms with Gasteiger partial charge < -0.3 is 15.6 Å². The largest absolute Gasteiger partial charge is 0.460 e. The predicted octanol–water partition coefficient (Wildman–Crippen LogP) is 5.23. The van der Waals surface area contributed by atoms with Gasteiger partial charge in [-0.25, -0.2) is 4.79 Å². The predicted molar refractivity (Wildman–Crippen MR) is 127 cm³/mol. The first-order valence-corrected chi connectivity index (χ1v) is 13.3. The van der Waals surface area contributed by atoms with Crippen LogP contribution < -0.4 is 5.73 Å². The molecule has 3 N–H and O–H groups in total. The van der Waals surface area contributed by atoms with Crippen molar-refractivity contribution in [2.45, 2.75) is 110 Å². The maximum Gasteiger partial charge on any atom is 0.338 e. The summed E-state index contributed by atoms with van der Waals surface area (Å²) >= 11 is 0. The molecule has 4 aliphatic carbocycles. The molecule has 0 spiro atoms. The molecule has 4 heteroatoms. The lowest BCUT2D eigenvalue weighted by Gasteiger charge is -2.61. The van der Waals surface area contributed by atoms with Crippen LogP contribution in [0.1, 0.15) is 91.9 Å². The summed E-state index contributed by atoms with van der Waals surface area (Å²) in [5.74, 6) is 2.68. The molecule has 0 radical (unpaired) electrons. The second-order valence-electron chi connectivity index (χ2n) is 13.1. The molecule has 1 aliphatic heterocycles. The van der Waals surface area contributed by atoms with Crippen molar-refractivity contribution in [2.24, 2.45) is 52.1 Å². The lowest BCUT2D eigenvalue weighted by Crippen LogP contribution is -2.57. The number of rotatable bonds is 4. The molecule has 1 saturated heterocycles. The van der Waals surface area contributed by atoms with Gasteiger partial charge in [0.25, 0.3) is 0 Å². The fourth-order valence-electron chi connectivity index (χ4n) is 9.56. The molecule has 0 aromatic heterocycles. The zero-order chi connectivity index (χ0) is 23.1. The summed E-state index contributed by atoms with van der Waals surface area (Å²) in [6.45, 7) is 13.2. The minimum Gasteiger partial charge on any atom is -0.460 e. The Bertz CT molecular complexity index is 796. The second kappa shape index (κ2) is 7.57. The number of nitrogens with two attached hydrogens (primary N) is 1. The van der Waals surface area contributed by atoms with Crippen LogP contribution in [0.15, 0.2) is 12.2 Å². The molecule has 5 fully saturated rings. The third-order valence-electron chi connectivity index (χ3n) is 11.6. The smallest absolute Gasteiger partial charge is 0.338 e. The monoisotopic (exact) mass is 443 g/mol. The number of allylic oxidation sites excluding steroid dienone is 1. The molecule has 0 bridgehead atoms. The van der Waals surface area contributed by atoms with Gasteiger partial charge >= 0.3 is 5.97 Å². The quantitative estimate of drug-likeness (QED) is 0.461. The molecule has 11 atom stereocenters. The van der Waals surface area contributed by atoms with Crippen LogP contribution >= 0.6 is 0 Å². The summed E-state index contributed by atoms with van der Waals surface area (Å²) < 4.78 is 5.95. The van der Waals surface area contributed by atoms with Crippen LogP contribution in [0.25, 0.3) is 0 Å². The number of carbonyl (C=O) groups excluding carboxylic acids is 1. The average molecular weight is 444 g/mol. The van der Waals surface area contributed by atoms with E-state index in [9.17, 15) is 9.90 Å². The highest BCUT2D eigenvalue weighted by molar-refractivity contribution is 5.82. The van der Waals surface area contributed by atoms with Gasteiger partial charge in [-0.3, -0.25) is 0 Å². The van der Waals surface area contributed by atoms with E-state index in [2.05, 4.69) is 27.4 Å². The fourth-order valence-corrected chi connectivity index (χ4v) is 9.56. The molecular formula is C28H45NO3. The van der Waals surface area contributed by atoms with E-state index in [-0.39, 0.29) is 23.4 Å². The highest BCUT2D eigenvalue weighted by Crippen LogP contribution is 2.70. The SMILES string of the molecule is C=C(C)[C@H](C)CC[C@@]1(O)C(=O)O[C@H]2C[C@H]3[C@@H]4CC[C@H]5C[C@@H](N)CC[C@]5(C)[C@H]4CC[C@]3(C)[C@H]21. The van der Waals surface area contributed by atoms with Crippen LogP contribution in [0.4, 0.5) is 0 Å². The van der Waals surface area contributed by atoms with Gasteiger partial charge in [-0.1, -0.05) is 32.9 Å². The van der Waals surface area contributed by atoms with E-state index in [0.717, 1.165) is 36.7 Å². The summed E-state index contributed by atoms with van der Waals surface area (Å²) in [4.78, 5) is 13.0. The number of carbonyl (C=O) groups is 1. The Kier molecular flexibility index (Phi) is 5.41. The minimum absolute atomic E-state index is 0.00648. The molecule has 4 saturated carbocycles. The first-order chi connectivity index (χ1) is 15.0. The lowest BCUT2D eigenvalue weighted by atomic mass is 9.44. The Morgan fingerprint density at radius 3 is 2.59 bits per heavy atom. The number of fused-ring (bicyclic) bond motifs is 7. The summed E-state index contributed by atoms with van der Waals surface area (Å²) in [6, 6.07) is 0.389. The molecule has 4 nitrogen and oxygen atoms in total. The Morgan fingerprint density at radius 1 is 1.16 bits per heavy atom. The van der Waals surface area contributed by atoms with Gasteiger partial charge in [-0.05, 0) is 112 Å². The van der Waals surface area contributed by atoms with Gasteiger partial charge in [0.05, 0.1) is 0 Å².